The molecular weight excluding hydrogens is 288 g/mol. The second-order valence-corrected chi connectivity index (χ2v) is 6.09. The molecule has 5 heteroatoms. The quantitative estimate of drug-likeness (QED) is 0.806. The summed E-state index contributed by atoms with van der Waals surface area (Å²) in [6.07, 6.45) is 0. The summed E-state index contributed by atoms with van der Waals surface area (Å²) >= 11 is 6.15. The minimum absolute atomic E-state index is 0.0288. The monoisotopic (exact) mass is 308 g/mol. The minimum Gasteiger partial charge on any atom is -0.368 e. The highest BCUT2D eigenvalue weighted by Gasteiger charge is 2.23. The molecule has 21 heavy (non-hydrogen) atoms. The Kier molecular flexibility index (Phi) is 4.88. The van der Waals surface area contributed by atoms with Crippen molar-refractivity contribution in [3.05, 3.63) is 28.8 Å². The standard InChI is InChI=1S/C16H21ClN2O2/c1-11(2)16(21)19-8-6-18(7-9-19)13-4-5-14(12(3)20)15(17)10-13/h4-5,10-11H,6-9H2,1-3H3. The molecule has 1 aromatic rings. The van der Waals surface area contributed by atoms with Crippen molar-refractivity contribution in [2.45, 2.75) is 20.8 Å². The van der Waals surface area contributed by atoms with Crippen LogP contribution in [0.1, 0.15) is 31.1 Å². The van der Waals surface area contributed by atoms with Gasteiger partial charge in [-0.15, -0.1) is 0 Å². The van der Waals surface area contributed by atoms with Gasteiger partial charge in [-0.25, -0.2) is 0 Å². The molecule has 0 radical (unpaired) electrons. The lowest BCUT2D eigenvalue weighted by Crippen LogP contribution is -2.49. The van der Waals surface area contributed by atoms with Crippen molar-refractivity contribution in [1.29, 1.82) is 0 Å². The lowest BCUT2D eigenvalue weighted by molar-refractivity contribution is -0.134. The van der Waals surface area contributed by atoms with Crippen molar-refractivity contribution in [3.63, 3.8) is 0 Å². The molecule has 0 saturated carbocycles. The van der Waals surface area contributed by atoms with Gasteiger partial charge in [0.05, 0.1) is 5.02 Å². The number of carbonyl (C=O) groups excluding carboxylic acids is 2. The number of hydrogen-bond acceptors (Lipinski definition) is 3. The number of ketones is 1. The second kappa shape index (κ2) is 6.48. The fourth-order valence-corrected chi connectivity index (χ4v) is 2.84. The number of piperazine rings is 1. The van der Waals surface area contributed by atoms with Gasteiger partial charge in [-0.3, -0.25) is 9.59 Å². The Balaban J connectivity index is 2.04. The van der Waals surface area contributed by atoms with E-state index in [0.29, 0.717) is 10.6 Å². The zero-order valence-electron chi connectivity index (χ0n) is 12.7. The zero-order chi connectivity index (χ0) is 15.6. The summed E-state index contributed by atoms with van der Waals surface area (Å²) in [7, 11) is 0. The number of halogens is 1. The number of amides is 1. The molecule has 0 aliphatic carbocycles. The van der Waals surface area contributed by atoms with Gasteiger partial charge in [0.15, 0.2) is 5.78 Å². The maximum absolute atomic E-state index is 12.0. The van der Waals surface area contributed by atoms with Crippen molar-refractivity contribution in [3.8, 4) is 0 Å². The van der Waals surface area contributed by atoms with Crippen molar-refractivity contribution >= 4 is 29.0 Å². The SMILES string of the molecule is CC(=O)c1ccc(N2CCN(C(=O)C(C)C)CC2)cc1Cl. The smallest absolute Gasteiger partial charge is 0.225 e. The van der Waals surface area contributed by atoms with Gasteiger partial charge in [-0.05, 0) is 25.1 Å². The van der Waals surface area contributed by atoms with Gasteiger partial charge in [0, 0.05) is 43.3 Å². The summed E-state index contributed by atoms with van der Waals surface area (Å²) in [5, 5.41) is 0.487. The van der Waals surface area contributed by atoms with Crippen molar-refractivity contribution in [2.75, 3.05) is 31.1 Å². The fourth-order valence-electron chi connectivity index (χ4n) is 2.54. The first-order valence-electron chi connectivity index (χ1n) is 7.24. The second-order valence-electron chi connectivity index (χ2n) is 5.69. The van der Waals surface area contributed by atoms with Crippen LogP contribution in [0.2, 0.25) is 5.02 Å². The molecule has 1 fully saturated rings. The highest BCUT2D eigenvalue weighted by Crippen LogP contribution is 2.25. The largest absolute Gasteiger partial charge is 0.368 e. The van der Waals surface area contributed by atoms with Gasteiger partial charge in [0.2, 0.25) is 5.91 Å². The maximum Gasteiger partial charge on any atom is 0.225 e. The van der Waals surface area contributed by atoms with E-state index in [2.05, 4.69) is 4.90 Å². The van der Waals surface area contributed by atoms with Gasteiger partial charge in [0.25, 0.3) is 0 Å². The molecule has 1 aromatic carbocycles. The molecule has 4 nitrogen and oxygen atoms in total. The van der Waals surface area contributed by atoms with Crippen LogP contribution in [0.25, 0.3) is 0 Å². The van der Waals surface area contributed by atoms with Crippen LogP contribution >= 0.6 is 11.6 Å². The molecule has 114 valence electrons. The predicted molar refractivity (Wildman–Crippen MR) is 85.1 cm³/mol. The van der Waals surface area contributed by atoms with E-state index in [4.69, 9.17) is 11.6 Å². The molecular formula is C16H21ClN2O2. The van der Waals surface area contributed by atoms with Crippen LogP contribution < -0.4 is 4.90 Å². The van der Waals surface area contributed by atoms with Crippen molar-refractivity contribution < 1.29 is 9.59 Å². The zero-order valence-corrected chi connectivity index (χ0v) is 13.5. The van der Waals surface area contributed by atoms with Gasteiger partial charge in [-0.1, -0.05) is 25.4 Å². The maximum atomic E-state index is 12.0. The molecule has 0 N–H and O–H groups in total. The van der Waals surface area contributed by atoms with E-state index in [1.54, 1.807) is 6.07 Å². The Hall–Kier alpha value is -1.55. The molecule has 0 atom stereocenters. The summed E-state index contributed by atoms with van der Waals surface area (Å²) in [6.45, 7) is 8.38. The number of rotatable bonds is 3. The van der Waals surface area contributed by atoms with Gasteiger partial charge in [0.1, 0.15) is 0 Å². The van der Waals surface area contributed by atoms with Gasteiger partial charge in [-0.2, -0.15) is 0 Å². The van der Waals surface area contributed by atoms with E-state index in [1.807, 2.05) is 30.9 Å². The molecule has 0 bridgehead atoms. The summed E-state index contributed by atoms with van der Waals surface area (Å²) in [4.78, 5) is 27.5. The Morgan fingerprint density at radius 2 is 1.76 bits per heavy atom. The van der Waals surface area contributed by atoms with Crippen molar-refractivity contribution in [1.82, 2.24) is 4.90 Å². The van der Waals surface area contributed by atoms with E-state index < -0.39 is 0 Å². The molecule has 2 rings (SSSR count). The Morgan fingerprint density at radius 1 is 1.14 bits per heavy atom. The first-order chi connectivity index (χ1) is 9.90. The van der Waals surface area contributed by atoms with E-state index in [9.17, 15) is 9.59 Å². The number of anilines is 1. The normalized spacial score (nSPS) is 15.5. The number of Topliss-reactive ketones (excluding diaryl/α,β-unsaturated/α-hetero) is 1. The highest BCUT2D eigenvalue weighted by atomic mass is 35.5. The number of hydrogen-bond donors (Lipinski definition) is 0. The number of benzene rings is 1. The third-order valence-corrected chi connectivity index (χ3v) is 4.10. The first-order valence-corrected chi connectivity index (χ1v) is 7.62. The third kappa shape index (κ3) is 3.56. The molecule has 1 aliphatic heterocycles. The first kappa shape index (κ1) is 15.8. The molecule has 1 amide bonds. The molecule has 0 unspecified atom stereocenters. The van der Waals surface area contributed by atoms with Gasteiger partial charge < -0.3 is 9.80 Å². The topological polar surface area (TPSA) is 40.6 Å². The molecule has 0 spiro atoms. The van der Waals surface area contributed by atoms with E-state index in [1.165, 1.54) is 6.92 Å². The average molecular weight is 309 g/mol. The van der Waals surface area contributed by atoms with Crippen molar-refractivity contribution in [2.24, 2.45) is 5.92 Å². The Bertz CT molecular complexity index is 549. The van der Waals surface area contributed by atoms with Crippen LogP contribution in [-0.4, -0.2) is 42.8 Å². The van der Waals surface area contributed by atoms with E-state index in [-0.39, 0.29) is 17.6 Å². The lowest BCUT2D eigenvalue weighted by Gasteiger charge is -2.37. The van der Waals surface area contributed by atoms with Crippen LogP contribution in [0, 0.1) is 5.92 Å². The summed E-state index contributed by atoms with van der Waals surface area (Å²) in [5.74, 6) is 0.222. The Morgan fingerprint density at radius 3 is 2.24 bits per heavy atom. The molecule has 1 saturated heterocycles. The fraction of sp³-hybridized carbons (Fsp3) is 0.500. The number of carbonyl (C=O) groups is 2. The van der Waals surface area contributed by atoms with Gasteiger partial charge >= 0.3 is 0 Å². The number of nitrogens with zero attached hydrogens (tertiary/aromatic N) is 2. The molecule has 1 heterocycles. The summed E-state index contributed by atoms with van der Waals surface area (Å²) < 4.78 is 0. The summed E-state index contributed by atoms with van der Waals surface area (Å²) in [6, 6.07) is 5.52. The molecule has 1 aliphatic rings. The van der Waals surface area contributed by atoms with Crippen LogP contribution in [0.4, 0.5) is 5.69 Å². The predicted octanol–water partition coefficient (Wildman–Crippen LogP) is 2.85. The summed E-state index contributed by atoms with van der Waals surface area (Å²) in [5.41, 5.74) is 1.55. The third-order valence-electron chi connectivity index (χ3n) is 3.78. The van der Waals surface area contributed by atoms with Crippen LogP contribution in [0.3, 0.4) is 0 Å². The van der Waals surface area contributed by atoms with E-state index in [0.717, 1.165) is 31.9 Å². The van der Waals surface area contributed by atoms with Crippen LogP contribution in [0.15, 0.2) is 18.2 Å². The highest BCUT2D eigenvalue weighted by molar-refractivity contribution is 6.34. The lowest BCUT2D eigenvalue weighted by atomic mass is 10.1. The Labute approximate surface area is 130 Å². The van der Waals surface area contributed by atoms with Crippen LogP contribution in [-0.2, 0) is 4.79 Å². The minimum atomic E-state index is -0.0288. The van der Waals surface area contributed by atoms with E-state index >= 15 is 0 Å². The molecule has 0 aromatic heterocycles. The average Bonchev–Trinajstić information content (AvgIpc) is 2.46. The van der Waals surface area contributed by atoms with Crippen LogP contribution in [0.5, 0.6) is 0 Å².